The summed E-state index contributed by atoms with van der Waals surface area (Å²) in [5.41, 5.74) is 0. The van der Waals surface area contributed by atoms with E-state index < -0.39 is 24.5 Å². The molecule has 25 heavy (non-hydrogen) atoms. The van der Waals surface area contributed by atoms with Crippen molar-refractivity contribution in [3.8, 4) is 5.82 Å². The predicted octanol–water partition coefficient (Wildman–Crippen LogP) is 0.952. The number of nitrogens with one attached hydrogen (secondary N) is 1. The lowest BCUT2D eigenvalue weighted by Gasteiger charge is -2.32. The standard InChI is InChI=1S/C14H16F3N7O/c15-14(16,17)7-19-13(25)10-2-1-5-23(6-10)11-3-4-12(22-21-11)24-9-18-8-20-24/h3-4,8-10H,1-2,5-7H2,(H,19,25). The molecule has 134 valence electrons. The number of aromatic nitrogens is 5. The van der Waals surface area contributed by atoms with E-state index in [4.69, 9.17) is 0 Å². The summed E-state index contributed by atoms with van der Waals surface area (Å²) < 4.78 is 38.1. The summed E-state index contributed by atoms with van der Waals surface area (Å²) in [6, 6.07) is 3.45. The van der Waals surface area contributed by atoms with Crippen molar-refractivity contribution in [1.82, 2.24) is 30.3 Å². The number of anilines is 1. The lowest BCUT2D eigenvalue weighted by atomic mass is 9.97. The van der Waals surface area contributed by atoms with Crippen molar-refractivity contribution in [3.63, 3.8) is 0 Å². The SMILES string of the molecule is O=C(NCC(F)(F)F)C1CCCN(c2ccc(-n3cncn3)nn2)C1. The second kappa shape index (κ2) is 7.03. The average molecular weight is 355 g/mol. The molecule has 11 heteroatoms. The summed E-state index contributed by atoms with van der Waals surface area (Å²) >= 11 is 0. The maximum atomic E-state index is 12.2. The average Bonchev–Trinajstić information content (AvgIpc) is 3.14. The molecule has 1 saturated heterocycles. The molecule has 1 unspecified atom stereocenters. The molecule has 1 aliphatic rings. The van der Waals surface area contributed by atoms with Gasteiger partial charge in [0.05, 0.1) is 5.92 Å². The van der Waals surface area contributed by atoms with Crippen LogP contribution in [0.25, 0.3) is 5.82 Å². The van der Waals surface area contributed by atoms with Crippen molar-refractivity contribution in [2.24, 2.45) is 5.92 Å². The van der Waals surface area contributed by atoms with Crippen molar-refractivity contribution < 1.29 is 18.0 Å². The van der Waals surface area contributed by atoms with E-state index in [9.17, 15) is 18.0 Å². The van der Waals surface area contributed by atoms with Gasteiger partial charge in [0.1, 0.15) is 19.2 Å². The molecule has 1 N–H and O–H groups in total. The number of hydrogen-bond acceptors (Lipinski definition) is 6. The topological polar surface area (TPSA) is 88.8 Å². The Kier molecular flexibility index (Phi) is 4.81. The predicted molar refractivity (Wildman–Crippen MR) is 81.0 cm³/mol. The molecule has 3 heterocycles. The van der Waals surface area contributed by atoms with Crippen molar-refractivity contribution >= 4 is 11.7 Å². The Hall–Kier alpha value is -2.72. The minimum atomic E-state index is -4.41. The van der Waals surface area contributed by atoms with Crippen LogP contribution in [0.1, 0.15) is 12.8 Å². The van der Waals surface area contributed by atoms with Crippen molar-refractivity contribution in [2.75, 3.05) is 24.5 Å². The highest BCUT2D eigenvalue weighted by molar-refractivity contribution is 5.79. The summed E-state index contributed by atoms with van der Waals surface area (Å²) in [5, 5.41) is 14.1. The van der Waals surface area contributed by atoms with Crippen molar-refractivity contribution in [1.29, 1.82) is 0 Å². The van der Waals surface area contributed by atoms with Crippen LogP contribution in [0.3, 0.4) is 0 Å². The third kappa shape index (κ3) is 4.43. The first kappa shape index (κ1) is 17.1. The van der Waals surface area contributed by atoms with E-state index in [1.807, 2.05) is 10.2 Å². The number of carbonyl (C=O) groups excluding carboxylic acids is 1. The van der Waals surface area contributed by atoms with Gasteiger partial charge < -0.3 is 10.2 Å². The Bertz CT molecular complexity index is 702. The van der Waals surface area contributed by atoms with Gasteiger partial charge in [-0.05, 0) is 25.0 Å². The molecular formula is C14H16F3N7O. The summed E-state index contributed by atoms with van der Waals surface area (Å²) in [4.78, 5) is 17.6. The minimum Gasteiger partial charge on any atom is -0.354 e. The number of piperidine rings is 1. The zero-order chi connectivity index (χ0) is 17.9. The molecule has 0 bridgehead atoms. The second-order valence-corrected chi connectivity index (χ2v) is 5.71. The van der Waals surface area contributed by atoms with Crippen molar-refractivity contribution in [3.05, 3.63) is 24.8 Å². The number of halogens is 3. The van der Waals surface area contributed by atoms with E-state index in [1.54, 1.807) is 12.1 Å². The van der Waals surface area contributed by atoms with Crippen LogP contribution in [0.4, 0.5) is 19.0 Å². The summed E-state index contributed by atoms with van der Waals surface area (Å²) in [5.74, 6) is -0.0305. The van der Waals surface area contributed by atoms with E-state index in [2.05, 4.69) is 20.3 Å². The molecule has 3 rings (SSSR count). The molecule has 0 saturated carbocycles. The fourth-order valence-electron chi connectivity index (χ4n) is 2.67. The second-order valence-electron chi connectivity index (χ2n) is 5.71. The van der Waals surface area contributed by atoms with Crippen LogP contribution >= 0.6 is 0 Å². The lowest BCUT2D eigenvalue weighted by Crippen LogP contribution is -2.45. The summed E-state index contributed by atoms with van der Waals surface area (Å²) in [6.45, 7) is -0.337. The fourth-order valence-corrected chi connectivity index (χ4v) is 2.67. The maximum absolute atomic E-state index is 12.2. The van der Waals surface area contributed by atoms with E-state index in [-0.39, 0.29) is 0 Å². The Morgan fingerprint density at radius 1 is 1.28 bits per heavy atom. The molecule has 1 amide bonds. The first-order chi connectivity index (χ1) is 11.9. The lowest BCUT2D eigenvalue weighted by molar-refractivity contribution is -0.140. The number of rotatable bonds is 4. The molecule has 2 aromatic heterocycles. The normalized spacial score (nSPS) is 18.2. The third-order valence-electron chi connectivity index (χ3n) is 3.87. The van der Waals surface area contributed by atoms with Crippen LogP contribution in [0, 0.1) is 5.92 Å². The van der Waals surface area contributed by atoms with Crippen LogP contribution in [0.2, 0.25) is 0 Å². The summed E-state index contributed by atoms with van der Waals surface area (Å²) in [6.07, 6.45) is -0.302. The molecule has 0 aliphatic carbocycles. The Morgan fingerprint density at radius 3 is 2.68 bits per heavy atom. The zero-order valence-corrected chi connectivity index (χ0v) is 13.1. The van der Waals surface area contributed by atoms with Gasteiger partial charge in [-0.15, -0.1) is 10.2 Å². The molecule has 2 aromatic rings. The molecule has 0 radical (unpaired) electrons. The maximum Gasteiger partial charge on any atom is 0.405 e. The largest absolute Gasteiger partial charge is 0.405 e. The quantitative estimate of drug-likeness (QED) is 0.879. The number of alkyl halides is 3. The molecular weight excluding hydrogens is 339 g/mol. The van der Waals surface area contributed by atoms with Gasteiger partial charge in [-0.3, -0.25) is 4.79 Å². The van der Waals surface area contributed by atoms with Gasteiger partial charge in [0.2, 0.25) is 5.91 Å². The Balaban J connectivity index is 1.62. The zero-order valence-electron chi connectivity index (χ0n) is 13.1. The Labute approximate surface area is 141 Å². The van der Waals surface area contributed by atoms with Gasteiger partial charge >= 0.3 is 6.18 Å². The summed E-state index contributed by atoms with van der Waals surface area (Å²) in [7, 11) is 0. The number of carbonyl (C=O) groups is 1. The van der Waals surface area contributed by atoms with Gasteiger partial charge in [0.15, 0.2) is 11.6 Å². The van der Waals surface area contributed by atoms with Crippen LogP contribution in [-0.4, -0.2) is 56.7 Å². The van der Waals surface area contributed by atoms with Gasteiger partial charge in [0, 0.05) is 13.1 Å². The van der Waals surface area contributed by atoms with E-state index >= 15 is 0 Å². The fraction of sp³-hybridized carbons (Fsp3) is 0.500. The van der Waals surface area contributed by atoms with Crippen LogP contribution in [0.15, 0.2) is 24.8 Å². The molecule has 1 fully saturated rings. The number of nitrogens with zero attached hydrogens (tertiary/aromatic N) is 6. The molecule has 8 nitrogen and oxygen atoms in total. The van der Waals surface area contributed by atoms with Gasteiger partial charge in [-0.1, -0.05) is 0 Å². The van der Waals surface area contributed by atoms with Crippen LogP contribution in [0.5, 0.6) is 0 Å². The van der Waals surface area contributed by atoms with Gasteiger partial charge in [-0.2, -0.15) is 18.3 Å². The van der Waals surface area contributed by atoms with Gasteiger partial charge in [-0.25, -0.2) is 9.67 Å². The van der Waals surface area contributed by atoms with E-state index in [1.165, 1.54) is 17.3 Å². The van der Waals surface area contributed by atoms with E-state index in [0.717, 1.165) is 0 Å². The number of hydrogen-bond donors (Lipinski definition) is 1. The Morgan fingerprint density at radius 2 is 2.04 bits per heavy atom. The molecule has 0 aromatic carbocycles. The molecule has 1 aliphatic heterocycles. The smallest absolute Gasteiger partial charge is 0.354 e. The van der Waals surface area contributed by atoms with E-state index in [0.29, 0.717) is 37.6 Å². The monoisotopic (exact) mass is 355 g/mol. The first-order valence-corrected chi connectivity index (χ1v) is 7.70. The molecule has 0 spiro atoms. The minimum absolute atomic E-state index is 0.307. The third-order valence-corrected chi connectivity index (χ3v) is 3.87. The van der Waals surface area contributed by atoms with Gasteiger partial charge in [0.25, 0.3) is 0 Å². The van der Waals surface area contributed by atoms with Crippen LogP contribution in [-0.2, 0) is 4.79 Å². The number of amides is 1. The molecule has 1 atom stereocenters. The van der Waals surface area contributed by atoms with Crippen molar-refractivity contribution in [2.45, 2.75) is 19.0 Å². The highest BCUT2D eigenvalue weighted by Crippen LogP contribution is 2.22. The highest BCUT2D eigenvalue weighted by atomic mass is 19.4. The van der Waals surface area contributed by atoms with Crippen LogP contribution < -0.4 is 10.2 Å². The highest BCUT2D eigenvalue weighted by Gasteiger charge is 2.31. The first-order valence-electron chi connectivity index (χ1n) is 7.70.